The van der Waals surface area contributed by atoms with Gasteiger partial charge in [-0.2, -0.15) is 0 Å². The number of anilines is 2. The number of amides is 1. The number of methoxy groups -OCH3 is 1. The van der Waals surface area contributed by atoms with Crippen molar-refractivity contribution in [3.63, 3.8) is 0 Å². The number of hydrogen-bond acceptors (Lipinski definition) is 6. The fourth-order valence-corrected chi connectivity index (χ4v) is 3.29. The molecule has 4 rings (SSSR count). The zero-order chi connectivity index (χ0) is 19.3. The van der Waals surface area contributed by atoms with Crippen molar-refractivity contribution in [1.29, 1.82) is 0 Å². The summed E-state index contributed by atoms with van der Waals surface area (Å²) in [6.45, 7) is 1.41. The summed E-state index contributed by atoms with van der Waals surface area (Å²) in [7, 11) is 1.62. The van der Waals surface area contributed by atoms with Crippen molar-refractivity contribution in [3.05, 3.63) is 54.6 Å². The third kappa shape index (κ3) is 3.98. The Hall–Kier alpha value is -3.35. The average molecular weight is 378 g/mol. The van der Waals surface area contributed by atoms with Gasteiger partial charge in [-0.3, -0.25) is 4.79 Å². The largest absolute Gasteiger partial charge is 0.497 e. The van der Waals surface area contributed by atoms with Crippen LogP contribution in [-0.4, -0.2) is 36.3 Å². The highest BCUT2D eigenvalue weighted by Crippen LogP contribution is 2.26. The average Bonchev–Trinajstić information content (AvgIpc) is 3.25. The van der Waals surface area contributed by atoms with E-state index in [1.165, 1.54) is 0 Å². The lowest BCUT2D eigenvalue weighted by Gasteiger charge is -2.29. The molecule has 1 N–H and O–H groups in total. The Morgan fingerprint density at radius 2 is 1.79 bits per heavy atom. The predicted molar refractivity (Wildman–Crippen MR) is 106 cm³/mol. The highest BCUT2D eigenvalue weighted by Gasteiger charge is 2.27. The van der Waals surface area contributed by atoms with Crippen LogP contribution in [-0.2, 0) is 4.79 Å². The first-order valence-electron chi connectivity index (χ1n) is 9.32. The number of rotatable bonds is 5. The smallest absolute Gasteiger partial charge is 0.318 e. The lowest BCUT2D eigenvalue weighted by Crippen LogP contribution is -2.38. The molecule has 1 amide bonds. The standard InChI is InChI=1S/C21H22N4O3/c1-27-18-9-7-17(8-10-18)22-19(26)15-11-13-25(14-12-15)21-24-23-20(28-21)16-5-3-2-4-6-16/h2-10,15H,11-14H2,1H3,(H,22,26). The van der Waals surface area contributed by atoms with E-state index in [0.29, 0.717) is 25.0 Å². The monoisotopic (exact) mass is 378 g/mol. The number of hydrogen-bond donors (Lipinski definition) is 1. The predicted octanol–water partition coefficient (Wildman–Crippen LogP) is 3.60. The summed E-state index contributed by atoms with van der Waals surface area (Å²) in [5.41, 5.74) is 1.67. The van der Waals surface area contributed by atoms with Crippen LogP contribution in [0.2, 0.25) is 0 Å². The van der Waals surface area contributed by atoms with Crippen LogP contribution in [0.4, 0.5) is 11.7 Å². The molecule has 0 bridgehead atoms. The van der Waals surface area contributed by atoms with Crippen LogP contribution in [0.15, 0.2) is 59.0 Å². The van der Waals surface area contributed by atoms with Gasteiger partial charge in [0.2, 0.25) is 11.8 Å². The maximum atomic E-state index is 12.5. The molecule has 0 aliphatic carbocycles. The molecule has 0 atom stereocenters. The van der Waals surface area contributed by atoms with Gasteiger partial charge in [0.25, 0.3) is 0 Å². The minimum atomic E-state index is -0.0325. The van der Waals surface area contributed by atoms with Gasteiger partial charge in [-0.15, -0.1) is 5.10 Å². The van der Waals surface area contributed by atoms with Gasteiger partial charge in [-0.25, -0.2) is 0 Å². The second-order valence-corrected chi connectivity index (χ2v) is 6.73. The van der Waals surface area contributed by atoms with Crippen molar-refractivity contribution in [2.45, 2.75) is 12.8 Å². The molecule has 1 aliphatic rings. The molecular weight excluding hydrogens is 356 g/mol. The van der Waals surface area contributed by atoms with E-state index in [4.69, 9.17) is 9.15 Å². The first-order chi connectivity index (χ1) is 13.7. The van der Waals surface area contributed by atoms with Crippen LogP contribution >= 0.6 is 0 Å². The van der Waals surface area contributed by atoms with Gasteiger partial charge in [0.15, 0.2) is 0 Å². The fraction of sp³-hybridized carbons (Fsp3) is 0.286. The number of nitrogens with zero attached hydrogens (tertiary/aromatic N) is 3. The van der Waals surface area contributed by atoms with Crippen molar-refractivity contribution < 1.29 is 13.9 Å². The van der Waals surface area contributed by atoms with Gasteiger partial charge in [0.05, 0.1) is 7.11 Å². The van der Waals surface area contributed by atoms with E-state index in [2.05, 4.69) is 15.5 Å². The van der Waals surface area contributed by atoms with E-state index in [1.807, 2.05) is 59.5 Å². The Morgan fingerprint density at radius 3 is 2.46 bits per heavy atom. The van der Waals surface area contributed by atoms with Crippen molar-refractivity contribution in [2.75, 3.05) is 30.4 Å². The summed E-state index contributed by atoms with van der Waals surface area (Å²) in [6.07, 6.45) is 1.48. The van der Waals surface area contributed by atoms with Gasteiger partial charge in [0.1, 0.15) is 5.75 Å². The number of carbonyl (C=O) groups excluding carboxylic acids is 1. The molecule has 7 heteroatoms. The summed E-state index contributed by atoms with van der Waals surface area (Å²) >= 11 is 0. The highest BCUT2D eigenvalue weighted by atomic mass is 16.5. The number of benzene rings is 2. The van der Waals surface area contributed by atoms with Crippen LogP contribution < -0.4 is 15.0 Å². The number of nitrogens with one attached hydrogen (secondary N) is 1. The highest BCUT2D eigenvalue weighted by molar-refractivity contribution is 5.92. The van der Waals surface area contributed by atoms with Crippen LogP contribution in [0.3, 0.4) is 0 Å². The topological polar surface area (TPSA) is 80.5 Å². The number of piperidine rings is 1. The maximum absolute atomic E-state index is 12.5. The van der Waals surface area contributed by atoms with Gasteiger partial charge >= 0.3 is 6.01 Å². The van der Waals surface area contributed by atoms with Gasteiger partial charge in [-0.05, 0) is 49.2 Å². The SMILES string of the molecule is COc1ccc(NC(=O)C2CCN(c3nnc(-c4ccccc4)o3)CC2)cc1. The molecule has 3 aromatic rings. The molecule has 28 heavy (non-hydrogen) atoms. The van der Waals surface area contributed by atoms with E-state index in [9.17, 15) is 4.79 Å². The molecule has 0 saturated carbocycles. The first kappa shape index (κ1) is 18.0. The van der Waals surface area contributed by atoms with Gasteiger partial charge in [-0.1, -0.05) is 23.3 Å². The summed E-state index contributed by atoms with van der Waals surface area (Å²) in [6, 6.07) is 17.6. The van der Waals surface area contributed by atoms with Crippen LogP contribution in [0, 0.1) is 5.92 Å². The number of ether oxygens (including phenoxy) is 1. The molecular formula is C21H22N4O3. The zero-order valence-electron chi connectivity index (χ0n) is 15.7. The van der Waals surface area contributed by atoms with Gasteiger partial charge in [0, 0.05) is 30.3 Å². The normalized spacial score (nSPS) is 14.7. The van der Waals surface area contributed by atoms with Crippen molar-refractivity contribution in [2.24, 2.45) is 5.92 Å². The summed E-state index contributed by atoms with van der Waals surface area (Å²) in [4.78, 5) is 14.6. The fourth-order valence-electron chi connectivity index (χ4n) is 3.29. The van der Waals surface area contributed by atoms with Gasteiger partial charge < -0.3 is 19.4 Å². The summed E-state index contributed by atoms with van der Waals surface area (Å²) < 4.78 is 10.9. The lowest BCUT2D eigenvalue weighted by molar-refractivity contribution is -0.120. The molecule has 2 heterocycles. The third-order valence-corrected chi connectivity index (χ3v) is 4.93. The Labute approximate surface area is 163 Å². The molecule has 7 nitrogen and oxygen atoms in total. The molecule has 1 saturated heterocycles. The minimum absolute atomic E-state index is 0.0325. The van der Waals surface area contributed by atoms with Crippen LogP contribution in [0.25, 0.3) is 11.5 Å². The molecule has 1 fully saturated rings. The Balaban J connectivity index is 1.33. The van der Waals surface area contributed by atoms with E-state index >= 15 is 0 Å². The molecule has 0 unspecified atom stereocenters. The summed E-state index contributed by atoms with van der Waals surface area (Å²) in [5.74, 6) is 1.28. The van der Waals surface area contributed by atoms with E-state index in [0.717, 1.165) is 29.8 Å². The van der Waals surface area contributed by atoms with Crippen LogP contribution in [0.1, 0.15) is 12.8 Å². The second-order valence-electron chi connectivity index (χ2n) is 6.73. The Kier molecular flexibility index (Phi) is 5.23. The van der Waals surface area contributed by atoms with E-state index in [-0.39, 0.29) is 11.8 Å². The molecule has 0 spiro atoms. The van der Waals surface area contributed by atoms with E-state index < -0.39 is 0 Å². The molecule has 1 aromatic heterocycles. The number of aromatic nitrogens is 2. The minimum Gasteiger partial charge on any atom is -0.497 e. The lowest BCUT2D eigenvalue weighted by atomic mass is 9.96. The Bertz CT molecular complexity index is 916. The third-order valence-electron chi connectivity index (χ3n) is 4.93. The maximum Gasteiger partial charge on any atom is 0.318 e. The zero-order valence-corrected chi connectivity index (χ0v) is 15.7. The molecule has 144 valence electrons. The quantitative estimate of drug-likeness (QED) is 0.731. The molecule has 0 radical (unpaired) electrons. The number of carbonyl (C=O) groups is 1. The summed E-state index contributed by atoms with van der Waals surface area (Å²) in [5, 5.41) is 11.3. The van der Waals surface area contributed by atoms with E-state index in [1.54, 1.807) is 7.11 Å². The molecule has 2 aromatic carbocycles. The van der Waals surface area contributed by atoms with Crippen molar-refractivity contribution >= 4 is 17.6 Å². The van der Waals surface area contributed by atoms with Crippen molar-refractivity contribution in [1.82, 2.24) is 10.2 Å². The molecule has 1 aliphatic heterocycles. The Morgan fingerprint density at radius 1 is 1.07 bits per heavy atom. The van der Waals surface area contributed by atoms with Crippen LogP contribution in [0.5, 0.6) is 5.75 Å². The first-order valence-corrected chi connectivity index (χ1v) is 9.32. The second kappa shape index (κ2) is 8.12. The van der Waals surface area contributed by atoms with Crippen molar-refractivity contribution in [3.8, 4) is 17.2 Å².